The summed E-state index contributed by atoms with van der Waals surface area (Å²) in [6.07, 6.45) is 6.00. The van der Waals surface area contributed by atoms with Gasteiger partial charge in [-0.1, -0.05) is 25.5 Å². The summed E-state index contributed by atoms with van der Waals surface area (Å²) in [4.78, 5) is 11.0. The number of carbonyl (C=O) groups is 1. The first-order valence-corrected chi connectivity index (χ1v) is 7.91. The number of carboxylic acids is 1. The van der Waals surface area contributed by atoms with Crippen molar-refractivity contribution in [3.8, 4) is 5.75 Å². The van der Waals surface area contributed by atoms with E-state index in [4.69, 9.17) is 9.84 Å². The van der Waals surface area contributed by atoms with Crippen molar-refractivity contribution >= 4 is 5.97 Å². The van der Waals surface area contributed by atoms with Crippen LogP contribution in [0.25, 0.3) is 0 Å². The average molecular weight is 292 g/mol. The molecule has 1 N–H and O–H groups in total. The highest BCUT2D eigenvalue weighted by Crippen LogP contribution is 2.23. The highest BCUT2D eigenvalue weighted by Gasteiger charge is 2.25. The number of ether oxygens (including phenoxy) is 1. The third-order valence-electron chi connectivity index (χ3n) is 3.79. The molecular weight excluding hydrogens is 264 g/mol. The molecule has 0 amide bonds. The molecule has 0 atom stereocenters. The summed E-state index contributed by atoms with van der Waals surface area (Å²) >= 11 is 0. The van der Waals surface area contributed by atoms with Crippen LogP contribution in [-0.4, -0.2) is 17.7 Å². The van der Waals surface area contributed by atoms with Crippen LogP contribution in [0.15, 0.2) is 24.3 Å². The molecule has 0 bridgehead atoms. The highest BCUT2D eigenvalue weighted by molar-refractivity contribution is 5.73. The Balaban J connectivity index is 2.22. The molecule has 0 radical (unpaired) electrons. The third-order valence-corrected chi connectivity index (χ3v) is 3.79. The lowest BCUT2D eigenvalue weighted by Crippen LogP contribution is -2.23. The van der Waals surface area contributed by atoms with Crippen LogP contribution in [0.5, 0.6) is 5.75 Å². The summed E-state index contributed by atoms with van der Waals surface area (Å²) in [5.41, 5.74) is 0.716. The van der Waals surface area contributed by atoms with E-state index in [2.05, 4.69) is 19.1 Å². The van der Waals surface area contributed by atoms with Crippen LogP contribution in [0.1, 0.15) is 58.4 Å². The zero-order valence-electron chi connectivity index (χ0n) is 13.5. The average Bonchev–Trinajstić information content (AvgIpc) is 2.45. The molecule has 0 saturated heterocycles. The van der Waals surface area contributed by atoms with E-state index in [0.29, 0.717) is 13.0 Å². The minimum Gasteiger partial charge on any atom is -0.494 e. The van der Waals surface area contributed by atoms with Gasteiger partial charge in [-0.15, -0.1) is 0 Å². The second-order valence-electron chi connectivity index (χ2n) is 6.24. The Morgan fingerprint density at radius 2 is 1.81 bits per heavy atom. The number of aryl methyl sites for hydroxylation is 1. The van der Waals surface area contributed by atoms with Crippen molar-refractivity contribution in [2.24, 2.45) is 5.41 Å². The molecule has 0 spiro atoms. The van der Waals surface area contributed by atoms with Gasteiger partial charge in [-0.05, 0) is 63.6 Å². The molecule has 0 heterocycles. The Kier molecular flexibility index (Phi) is 7.27. The van der Waals surface area contributed by atoms with Gasteiger partial charge in [0.1, 0.15) is 5.75 Å². The number of aliphatic carboxylic acids is 1. The minimum atomic E-state index is -0.730. The maximum Gasteiger partial charge on any atom is 0.309 e. The second-order valence-corrected chi connectivity index (χ2v) is 6.24. The first-order valence-electron chi connectivity index (χ1n) is 7.91. The van der Waals surface area contributed by atoms with Gasteiger partial charge in [-0.2, -0.15) is 0 Å². The molecule has 0 unspecified atom stereocenters. The van der Waals surface area contributed by atoms with Crippen molar-refractivity contribution in [1.29, 1.82) is 0 Å². The summed E-state index contributed by atoms with van der Waals surface area (Å²) in [5.74, 6) is 0.166. The molecule has 0 aromatic heterocycles. The minimum absolute atomic E-state index is 0.638. The van der Waals surface area contributed by atoms with E-state index in [-0.39, 0.29) is 0 Å². The molecule has 3 nitrogen and oxygen atoms in total. The van der Waals surface area contributed by atoms with Crippen LogP contribution < -0.4 is 4.74 Å². The van der Waals surface area contributed by atoms with E-state index in [0.717, 1.165) is 25.0 Å². The van der Waals surface area contributed by atoms with Crippen molar-refractivity contribution in [1.82, 2.24) is 0 Å². The molecule has 0 fully saturated rings. The van der Waals surface area contributed by atoms with Gasteiger partial charge in [0.15, 0.2) is 0 Å². The fraction of sp³-hybridized carbons (Fsp3) is 0.611. The molecule has 21 heavy (non-hydrogen) atoms. The summed E-state index contributed by atoms with van der Waals surface area (Å²) in [5, 5.41) is 9.03. The number of hydrogen-bond donors (Lipinski definition) is 1. The number of unbranched alkanes of at least 4 members (excludes halogenated alkanes) is 2. The second kappa shape index (κ2) is 8.71. The summed E-state index contributed by atoms with van der Waals surface area (Å²) < 4.78 is 5.69. The van der Waals surface area contributed by atoms with Crippen molar-refractivity contribution in [3.63, 3.8) is 0 Å². The molecule has 0 aliphatic rings. The lowest BCUT2D eigenvalue weighted by atomic mass is 9.87. The number of carboxylic acid groups (broad SMARTS) is 1. The zero-order valence-corrected chi connectivity index (χ0v) is 13.5. The van der Waals surface area contributed by atoms with Gasteiger partial charge < -0.3 is 9.84 Å². The van der Waals surface area contributed by atoms with E-state index in [1.165, 1.54) is 18.4 Å². The van der Waals surface area contributed by atoms with Gasteiger partial charge in [-0.25, -0.2) is 0 Å². The summed E-state index contributed by atoms with van der Waals surface area (Å²) in [6, 6.07) is 8.29. The molecule has 0 aliphatic carbocycles. The van der Waals surface area contributed by atoms with Gasteiger partial charge in [0.25, 0.3) is 0 Å². The third kappa shape index (κ3) is 6.65. The smallest absolute Gasteiger partial charge is 0.309 e. The zero-order chi connectivity index (χ0) is 15.7. The molecular formula is C18H28O3. The van der Waals surface area contributed by atoms with Crippen LogP contribution >= 0.6 is 0 Å². The van der Waals surface area contributed by atoms with Crippen molar-refractivity contribution in [3.05, 3.63) is 29.8 Å². The summed E-state index contributed by atoms with van der Waals surface area (Å²) in [7, 11) is 0. The topological polar surface area (TPSA) is 46.5 Å². The first-order chi connectivity index (χ1) is 9.95. The molecule has 0 aliphatic heterocycles. The molecule has 0 saturated carbocycles. The number of benzene rings is 1. The standard InChI is InChI=1S/C18H28O3/c1-4-5-8-15-9-11-16(12-10-15)21-14-7-6-13-18(2,3)17(19)20/h9-12H,4-8,13-14H2,1-3H3,(H,19,20). The molecule has 118 valence electrons. The lowest BCUT2D eigenvalue weighted by molar-refractivity contribution is -0.147. The number of rotatable bonds is 10. The van der Waals surface area contributed by atoms with Crippen molar-refractivity contribution in [2.75, 3.05) is 6.61 Å². The number of hydrogen-bond acceptors (Lipinski definition) is 2. The van der Waals surface area contributed by atoms with E-state index >= 15 is 0 Å². The Morgan fingerprint density at radius 1 is 1.14 bits per heavy atom. The maximum atomic E-state index is 11.0. The van der Waals surface area contributed by atoms with E-state index < -0.39 is 11.4 Å². The Hall–Kier alpha value is -1.51. The molecule has 1 aromatic carbocycles. The monoisotopic (exact) mass is 292 g/mol. The predicted molar refractivity (Wildman–Crippen MR) is 85.8 cm³/mol. The predicted octanol–water partition coefficient (Wildman–Crippen LogP) is 4.69. The van der Waals surface area contributed by atoms with Crippen molar-refractivity contribution in [2.45, 2.75) is 59.3 Å². The van der Waals surface area contributed by atoms with Gasteiger partial charge in [0.05, 0.1) is 12.0 Å². The largest absolute Gasteiger partial charge is 0.494 e. The van der Waals surface area contributed by atoms with Gasteiger partial charge >= 0.3 is 5.97 Å². The maximum absolute atomic E-state index is 11.0. The van der Waals surface area contributed by atoms with E-state index in [9.17, 15) is 4.79 Å². The normalized spacial score (nSPS) is 11.4. The van der Waals surface area contributed by atoms with Crippen LogP contribution in [0.3, 0.4) is 0 Å². The van der Waals surface area contributed by atoms with Crippen LogP contribution in [-0.2, 0) is 11.2 Å². The molecule has 1 aromatic rings. The van der Waals surface area contributed by atoms with E-state index in [1.54, 1.807) is 13.8 Å². The molecule has 3 heteroatoms. The van der Waals surface area contributed by atoms with Crippen LogP contribution in [0.2, 0.25) is 0 Å². The Labute approximate surface area is 128 Å². The van der Waals surface area contributed by atoms with E-state index in [1.807, 2.05) is 12.1 Å². The Morgan fingerprint density at radius 3 is 2.38 bits per heavy atom. The van der Waals surface area contributed by atoms with Gasteiger partial charge in [0, 0.05) is 0 Å². The van der Waals surface area contributed by atoms with Crippen LogP contribution in [0.4, 0.5) is 0 Å². The van der Waals surface area contributed by atoms with Crippen LogP contribution in [0, 0.1) is 5.41 Å². The Bertz CT molecular complexity index is 421. The first kappa shape index (κ1) is 17.5. The lowest BCUT2D eigenvalue weighted by Gasteiger charge is -2.18. The fourth-order valence-corrected chi connectivity index (χ4v) is 2.10. The quantitative estimate of drug-likeness (QED) is 0.636. The SMILES string of the molecule is CCCCc1ccc(OCCCCC(C)(C)C(=O)O)cc1. The molecule has 1 rings (SSSR count). The van der Waals surface area contributed by atoms with Gasteiger partial charge in [0.2, 0.25) is 0 Å². The fourth-order valence-electron chi connectivity index (χ4n) is 2.10. The van der Waals surface area contributed by atoms with Gasteiger partial charge in [-0.3, -0.25) is 4.79 Å². The highest BCUT2D eigenvalue weighted by atomic mass is 16.5. The van der Waals surface area contributed by atoms with Crippen molar-refractivity contribution < 1.29 is 14.6 Å². The summed E-state index contributed by atoms with van der Waals surface area (Å²) in [6.45, 7) is 6.38.